The summed E-state index contributed by atoms with van der Waals surface area (Å²) in [5, 5.41) is 39.0. The monoisotopic (exact) mass is 640 g/mol. The number of rotatable bonds is 8. The molecule has 0 bridgehead atoms. The summed E-state index contributed by atoms with van der Waals surface area (Å²) in [5.41, 5.74) is 10.3. The highest BCUT2D eigenvalue weighted by Gasteiger charge is 2.45. The molecule has 3 N–H and O–H groups in total. The van der Waals surface area contributed by atoms with Crippen LogP contribution in [-0.2, 0) is 6.42 Å². The second-order valence-corrected chi connectivity index (χ2v) is 15.0. The van der Waals surface area contributed by atoms with Crippen molar-refractivity contribution in [1.29, 1.82) is 0 Å². The van der Waals surface area contributed by atoms with Crippen LogP contribution in [0.15, 0.2) is 91.2 Å². The molecule has 0 amide bonds. The molecule has 250 valence electrons. The first kappa shape index (κ1) is 35.1. The van der Waals surface area contributed by atoms with Crippen molar-refractivity contribution in [2.24, 2.45) is 5.41 Å². The minimum Gasteiger partial charge on any atom is -0.507 e. The van der Waals surface area contributed by atoms with E-state index in [0.717, 1.165) is 55.8 Å². The van der Waals surface area contributed by atoms with E-state index in [-0.39, 0.29) is 11.3 Å². The highest BCUT2D eigenvalue weighted by Crippen LogP contribution is 2.48. The Hall–Kier alpha value is -4.18. The number of hydrogen-bond donors (Lipinski definition) is 3. The maximum atomic E-state index is 11.8. The fourth-order valence-corrected chi connectivity index (χ4v) is 7.36. The fraction of sp³-hybridized carbons (Fsp3) is 0.333. The average molecular weight is 641 g/mol. The van der Waals surface area contributed by atoms with Crippen LogP contribution in [-0.4, -0.2) is 21.1 Å². The van der Waals surface area contributed by atoms with E-state index in [1.807, 2.05) is 6.92 Å². The Balaban J connectivity index is 1.92. The largest absolute Gasteiger partial charge is 0.507 e. The number of hydrogen-bond acceptors (Lipinski definition) is 3. The summed E-state index contributed by atoms with van der Waals surface area (Å²) in [4.78, 5) is 0. The Labute approximate surface area is 287 Å². The van der Waals surface area contributed by atoms with Crippen molar-refractivity contribution < 1.29 is 15.3 Å². The maximum absolute atomic E-state index is 11.8. The van der Waals surface area contributed by atoms with E-state index in [4.69, 9.17) is 0 Å². The summed E-state index contributed by atoms with van der Waals surface area (Å²) in [5.74, 6) is -1.82. The van der Waals surface area contributed by atoms with Gasteiger partial charge in [0.1, 0.15) is 5.76 Å². The summed E-state index contributed by atoms with van der Waals surface area (Å²) in [7, 11) is 0. The molecule has 0 heterocycles. The van der Waals surface area contributed by atoms with Gasteiger partial charge >= 0.3 is 0 Å². The Kier molecular flexibility index (Phi) is 9.54. The van der Waals surface area contributed by atoms with E-state index in [1.54, 1.807) is 20.8 Å². The second-order valence-electron chi connectivity index (χ2n) is 15.0. The lowest BCUT2D eigenvalue weighted by Gasteiger charge is -2.38. The van der Waals surface area contributed by atoms with E-state index in [1.165, 1.54) is 28.3 Å². The van der Waals surface area contributed by atoms with Crippen LogP contribution in [0, 0.1) is 19.3 Å². The molecule has 48 heavy (non-hydrogen) atoms. The average Bonchev–Trinajstić information content (AvgIpc) is 3.04. The smallest absolute Gasteiger partial charge is 0.199 e. The van der Waals surface area contributed by atoms with Crippen molar-refractivity contribution in [2.45, 2.75) is 93.3 Å². The third-order valence-electron chi connectivity index (χ3n) is 10.1. The molecule has 0 saturated carbocycles. The molecule has 0 aliphatic rings. The van der Waals surface area contributed by atoms with Gasteiger partial charge in [-0.1, -0.05) is 117 Å². The molecule has 0 fully saturated rings. The van der Waals surface area contributed by atoms with Gasteiger partial charge in [-0.15, -0.1) is 0 Å². The summed E-state index contributed by atoms with van der Waals surface area (Å²) in [6, 6.07) is 26.4. The molecule has 0 saturated heterocycles. The lowest BCUT2D eigenvalue weighted by molar-refractivity contribution is -0.179. The van der Waals surface area contributed by atoms with Crippen LogP contribution >= 0.6 is 0 Å². The van der Waals surface area contributed by atoms with Gasteiger partial charge in [0, 0.05) is 5.41 Å². The van der Waals surface area contributed by atoms with Gasteiger partial charge in [-0.2, -0.15) is 0 Å². The summed E-state index contributed by atoms with van der Waals surface area (Å²) >= 11 is 0. The highest BCUT2D eigenvalue weighted by molar-refractivity contribution is 6.16. The van der Waals surface area contributed by atoms with Crippen LogP contribution in [0.25, 0.3) is 49.4 Å². The van der Waals surface area contributed by atoms with Crippen molar-refractivity contribution in [3.63, 3.8) is 0 Å². The Morgan fingerprint density at radius 1 is 0.771 bits per heavy atom. The minimum absolute atomic E-state index is 0.0703. The number of aliphatic hydroxyl groups excluding tert-OH is 1. The maximum Gasteiger partial charge on any atom is 0.199 e. The molecule has 0 spiro atoms. The van der Waals surface area contributed by atoms with Crippen LogP contribution in [0.5, 0.6) is 0 Å². The van der Waals surface area contributed by atoms with E-state index in [0.29, 0.717) is 17.4 Å². The van der Waals surface area contributed by atoms with Crippen LogP contribution < -0.4 is 0 Å². The molecular weight excluding hydrogens is 588 g/mol. The zero-order valence-corrected chi connectivity index (χ0v) is 30.4. The van der Waals surface area contributed by atoms with Crippen LogP contribution in [0.4, 0.5) is 0 Å². The zero-order valence-electron chi connectivity index (χ0n) is 30.4. The summed E-state index contributed by atoms with van der Waals surface area (Å²) in [6.07, 6.45) is 2.07. The van der Waals surface area contributed by atoms with Gasteiger partial charge in [0.25, 0.3) is 0 Å². The predicted octanol–water partition coefficient (Wildman–Crippen LogP) is 11.9. The third kappa shape index (κ3) is 5.88. The summed E-state index contributed by atoms with van der Waals surface area (Å²) in [6.45, 7) is 24.4. The van der Waals surface area contributed by atoms with Crippen LogP contribution in [0.1, 0.15) is 101 Å². The minimum atomic E-state index is -2.35. The molecule has 0 aliphatic heterocycles. The molecule has 5 aromatic rings. The molecule has 3 nitrogen and oxygen atoms in total. The Morgan fingerprint density at radius 3 is 1.92 bits per heavy atom. The van der Waals surface area contributed by atoms with E-state index < -0.39 is 11.2 Å². The highest BCUT2D eigenvalue weighted by atomic mass is 16.5. The molecule has 0 radical (unpaired) electrons. The van der Waals surface area contributed by atoms with E-state index in [2.05, 4.69) is 121 Å². The van der Waals surface area contributed by atoms with Gasteiger partial charge in [-0.3, -0.25) is 0 Å². The van der Waals surface area contributed by atoms with Crippen molar-refractivity contribution in [3.8, 4) is 22.3 Å². The quantitative estimate of drug-likeness (QED) is 0.0684. The number of fused-ring (bicyclic) bond motifs is 3. The topological polar surface area (TPSA) is 60.7 Å². The zero-order chi connectivity index (χ0) is 35.3. The molecule has 0 unspecified atom stereocenters. The lowest BCUT2D eigenvalue weighted by Crippen LogP contribution is -2.44. The number of benzene rings is 5. The SMILES string of the molecule is C=C/C(O)=C(\c1c(C)c2c(C)cccc2c2cc(-c3cccc(-c4c(C(C)C)cccc4C(C)C)c3)c(CC)cc12)C(O)(O)C(C)(C)C. The van der Waals surface area contributed by atoms with Crippen molar-refractivity contribution >= 4 is 27.1 Å². The second kappa shape index (κ2) is 13.0. The molecule has 3 heteroatoms. The number of allylic oxidation sites excluding steroid dienone is 1. The normalized spacial score (nSPS) is 13.1. The first-order valence-electron chi connectivity index (χ1n) is 17.3. The third-order valence-corrected chi connectivity index (χ3v) is 10.1. The summed E-state index contributed by atoms with van der Waals surface area (Å²) < 4.78 is 0. The van der Waals surface area contributed by atoms with Gasteiger partial charge in [0.05, 0.1) is 5.57 Å². The molecule has 0 atom stereocenters. The molecule has 0 aromatic heterocycles. The number of aryl methyl sites for hydroxylation is 3. The van der Waals surface area contributed by atoms with Crippen molar-refractivity contribution in [2.75, 3.05) is 0 Å². The van der Waals surface area contributed by atoms with Crippen molar-refractivity contribution in [1.82, 2.24) is 0 Å². The van der Waals surface area contributed by atoms with Crippen LogP contribution in [0.3, 0.4) is 0 Å². The first-order chi connectivity index (χ1) is 22.5. The standard InChI is InChI=1S/C45H52O3/c1-12-30-24-38-37(25-36(30)31-18-15-19-32(23-31)42-33(26(3)4)20-16-21-34(42)27(5)6)35-22-14-17-28(7)40(35)29(8)41(38)43(39(46)13-2)45(47,48)44(9,10)11/h13-27,46-48H,2,12H2,1,3-11H3/b43-39-. The first-order valence-corrected chi connectivity index (χ1v) is 17.3. The van der Waals surface area contributed by atoms with E-state index >= 15 is 0 Å². The molecular formula is C45H52O3. The van der Waals surface area contributed by atoms with E-state index in [9.17, 15) is 15.3 Å². The molecule has 5 rings (SSSR count). The molecule has 0 aliphatic carbocycles. The molecule has 5 aromatic carbocycles. The lowest BCUT2D eigenvalue weighted by atomic mass is 9.74. The van der Waals surface area contributed by atoms with Gasteiger partial charge < -0.3 is 15.3 Å². The predicted molar refractivity (Wildman–Crippen MR) is 206 cm³/mol. The Morgan fingerprint density at radius 2 is 1.35 bits per heavy atom. The number of aliphatic hydroxyl groups is 3. The van der Waals surface area contributed by atoms with Gasteiger partial charge in [0.15, 0.2) is 5.79 Å². The van der Waals surface area contributed by atoms with Gasteiger partial charge in [0.2, 0.25) is 0 Å². The Bertz CT molecular complexity index is 2040. The van der Waals surface area contributed by atoms with Gasteiger partial charge in [-0.25, -0.2) is 0 Å². The van der Waals surface area contributed by atoms with Crippen molar-refractivity contribution in [3.05, 3.63) is 125 Å². The fourth-order valence-electron chi connectivity index (χ4n) is 7.36. The van der Waals surface area contributed by atoms with Gasteiger partial charge in [-0.05, 0) is 134 Å². The van der Waals surface area contributed by atoms with Crippen LogP contribution in [0.2, 0.25) is 0 Å².